The molecule has 0 aliphatic heterocycles. The fourth-order valence-corrected chi connectivity index (χ4v) is 2.73. The molecule has 0 aromatic rings. The Labute approximate surface area is 147 Å². The van der Waals surface area contributed by atoms with Gasteiger partial charge < -0.3 is 10.2 Å². The zero-order valence-corrected chi connectivity index (χ0v) is 15.2. The first-order chi connectivity index (χ1) is 11.6. The highest BCUT2D eigenvalue weighted by Crippen LogP contribution is 2.11. The molecule has 24 heavy (non-hydrogen) atoms. The summed E-state index contributed by atoms with van der Waals surface area (Å²) in [5, 5.41) is 17.1. The maximum absolute atomic E-state index is 10.4. The standard InChI is InChI=1S/C20H36O4/c21-19(22)17-15-13-11-9-7-5-3-1-2-4-6-8-10-12-14-16-18-20(23)24/h1,3H,2,4-18H2,(H,21,22)(H,23,24)/b3-1+. The lowest BCUT2D eigenvalue weighted by atomic mass is 10.1. The zero-order valence-electron chi connectivity index (χ0n) is 15.2. The largest absolute Gasteiger partial charge is 0.481 e. The molecule has 0 aliphatic rings. The minimum Gasteiger partial charge on any atom is -0.481 e. The van der Waals surface area contributed by atoms with Crippen LogP contribution in [0.4, 0.5) is 0 Å². The number of allylic oxidation sites excluding steroid dienone is 2. The fraction of sp³-hybridized carbons (Fsp3) is 0.800. The monoisotopic (exact) mass is 340 g/mol. The van der Waals surface area contributed by atoms with Crippen molar-refractivity contribution in [2.75, 3.05) is 0 Å². The second kappa shape index (κ2) is 18.0. The molecule has 0 bridgehead atoms. The van der Waals surface area contributed by atoms with E-state index in [4.69, 9.17) is 10.2 Å². The first-order valence-electron chi connectivity index (χ1n) is 9.71. The van der Waals surface area contributed by atoms with Crippen LogP contribution < -0.4 is 0 Å². The van der Waals surface area contributed by atoms with Crippen molar-refractivity contribution in [3.8, 4) is 0 Å². The number of hydrogen-bond donors (Lipinski definition) is 2. The first kappa shape index (κ1) is 22.7. The molecule has 4 nitrogen and oxygen atoms in total. The van der Waals surface area contributed by atoms with Crippen molar-refractivity contribution in [1.29, 1.82) is 0 Å². The number of hydrogen-bond acceptors (Lipinski definition) is 2. The predicted octanol–water partition coefficient (Wildman–Crippen LogP) is 5.95. The van der Waals surface area contributed by atoms with Crippen LogP contribution in [-0.4, -0.2) is 22.2 Å². The minimum absolute atomic E-state index is 0.308. The topological polar surface area (TPSA) is 74.6 Å². The number of rotatable bonds is 18. The molecule has 140 valence electrons. The molecule has 0 aromatic heterocycles. The van der Waals surface area contributed by atoms with Crippen LogP contribution in [0, 0.1) is 0 Å². The van der Waals surface area contributed by atoms with Crippen molar-refractivity contribution >= 4 is 11.9 Å². The third-order valence-corrected chi connectivity index (χ3v) is 4.19. The van der Waals surface area contributed by atoms with Crippen molar-refractivity contribution in [1.82, 2.24) is 0 Å². The molecule has 0 amide bonds. The summed E-state index contributed by atoms with van der Waals surface area (Å²) in [6.45, 7) is 0. The maximum Gasteiger partial charge on any atom is 0.303 e. The molecule has 0 rings (SSSR count). The number of carboxylic acid groups (broad SMARTS) is 2. The van der Waals surface area contributed by atoms with Gasteiger partial charge in [0.05, 0.1) is 0 Å². The summed E-state index contributed by atoms with van der Waals surface area (Å²) in [4.78, 5) is 20.7. The minimum atomic E-state index is -0.684. The quantitative estimate of drug-likeness (QED) is 0.239. The van der Waals surface area contributed by atoms with Gasteiger partial charge in [-0.05, 0) is 38.5 Å². The fourth-order valence-electron chi connectivity index (χ4n) is 2.73. The molecule has 0 atom stereocenters. The summed E-state index contributed by atoms with van der Waals surface area (Å²) < 4.78 is 0. The van der Waals surface area contributed by atoms with E-state index < -0.39 is 11.9 Å². The normalized spacial score (nSPS) is 11.2. The van der Waals surface area contributed by atoms with Gasteiger partial charge in [-0.15, -0.1) is 0 Å². The van der Waals surface area contributed by atoms with Crippen molar-refractivity contribution < 1.29 is 19.8 Å². The van der Waals surface area contributed by atoms with Gasteiger partial charge in [-0.2, -0.15) is 0 Å². The van der Waals surface area contributed by atoms with Crippen LogP contribution in [0.2, 0.25) is 0 Å². The molecule has 0 saturated carbocycles. The van der Waals surface area contributed by atoms with E-state index in [9.17, 15) is 9.59 Å². The van der Waals surface area contributed by atoms with Crippen LogP contribution in [0.5, 0.6) is 0 Å². The number of carboxylic acids is 2. The van der Waals surface area contributed by atoms with E-state index in [2.05, 4.69) is 12.2 Å². The Hall–Kier alpha value is -1.32. The van der Waals surface area contributed by atoms with Crippen LogP contribution in [0.15, 0.2) is 12.2 Å². The van der Waals surface area contributed by atoms with Gasteiger partial charge in [-0.25, -0.2) is 0 Å². The van der Waals surface area contributed by atoms with Crippen molar-refractivity contribution in [3.05, 3.63) is 12.2 Å². The molecule has 0 spiro atoms. The lowest BCUT2D eigenvalue weighted by Gasteiger charge is -2.00. The van der Waals surface area contributed by atoms with Gasteiger partial charge in [-0.3, -0.25) is 9.59 Å². The van der Waals surface area contributed by atoms with Crippen molar-refractivity contribution in [2.45, 2.75) is 103 Å². The third kappa shape index (κ3) is 20.7. The van der Waals surface area contributed by atoms with E-state index in [0.29, 0.717) is 12.8 Å². The second-order valence-electron chi connectivity index (χ2n) is 6.58. The average molecular weight is 341 g/mol. The zero-order chi connectivity index (χ0) is 17.9. The third-order valence-electron chi connectivity index (χ3n) is 4.19. The highest BCUT2D eigenvalue weighted by Gasteiger charge is 1.97. The van der Waals surface area contributed by atoms with Crippen LogP contribution in [0.25, 0.3) is 0 Å². The molecule has 4 heteroatoms. The highest BCUT2D eigenvalue weighted by atomic mass is 16.4. The molecule has 0 saturated heterocycles. The predicted molar refractivity (Wildman–Crippen MR) is 98.3 cm³/mol. The molecule has 0 fully saturated rings. The van der Waals surface area contributed by atoms with E-state index in [-0.39, 0.29) is 0 Å². The Morgan fingerprint density at radius 1 is 0.500 bits per heavy atom. The molecule has 2 N–H and O–H groups in total. The van der Waals surface area contributed by atoms with Crippen LogP contribution in [0.3, 0.4) is 0 Å². The van der Waals surface area contributed by atoms with Crippen LogP contribution >= 0.6 is 0 Å². The number of aliphatic carboxylic acids is 2. The Morgan fingerprint density at radius 3 is 1.12 bits per heavy atom. The van der Waals surface area contributed by atoms with E-state index in [1.165, 1.54) is 38.5 Å². The Morgan fingerprint density at radius 2 is 0.792 bits per heavy atom. The lowest BCUT2D eigenvalue weighted by molar-refractivity contribution is -0.138. The molecule has 0 aliphatic carbocycles. The molecule has 0 heterocycles. The summed E-state index contributed by atoms with van der Waals surface area (Å²) in [5.41, 5.74) is 0. The van der Waals surface area contributed by atoms with E-state index >= 15 is 0 Å². The average Bonchev–Trinajstić information content (AvgIpc) is 2.53. The highest BCUT2D eigenvalue weighted by molar-refractivity contribution is 5.66. The Bertz CT molecular complexity index is 337. The summed E-state index contributed by atoms with van der Waals surface area (Å²) >= 11 is 0. The summed E-state index contributed by atoms with van der Waals surface area (Å²) in [5.74, 6) is -1.36. The van der Waals surface area contributed by atoms with Gasteiger partial charge in [-0.1, -0.05) is 63.5 Å². The van der Waals surface area contributed by atoms with Gasteiger partial charge >= 0.3 is 11.9 Å². The molecular formula is C20H36O4. The second-order valence-corrected chi connectivity index (χ2v) is 6.58. The van der Waals surface area contributed by atoms with Gasteiger partial charge in [0.15, 0.2) is 0 Å². The Kier molecular flexibility index (Phi) is 17.0. The van der Waals surface area contributed by atoms with Crippen LogP contribution in [0.1, 0.15) is 103 Å². The lowest BCUT2D eigenvalue weighted by Crippen LogP contribution is -1.93. The van der Waals surface area contributed by atoms with Crippen molar-refractivity contribution in [2.24, 2.45) is 0 Å². The molecule has 0 unspecified atom stereocenters. The summed E-state index contributed by atoms with van der Waals surface area (Å²) in [7, 11) is 0. The molecule has 0 radical (unpaired) electrons. The van der Waals surface area contributed by atoms with Crippen molar-refractivity contribution in [3.63, 3.8) is 0 Å². The molecule has 0 aromatic carbocycles. The van der Waals surface area contributed by atoms with Crippen LogP contribution in [-0.2, 0) is 9.59 Å². The number of unbranched alkanes of at least 4 members (excludes halogenated alkanes) is 12. The maximum atomic E-state index is 10.4. The van der Waals surface area contributed by atoms with Gasteiger partial charge in [0.25, 0.3) is 0 Å². The summed E-state index contributed by atoms with van der Waals surface area (Å²) in [6.07, 6.45) is 20.9. The first-order valence-corrected chi connectivity index (χ1v) is 9.71. The van der Waals surface area contributed by atoms with E-state index in [1.807, 2.05) is 0 Å². The van der Waals surface area contributed by atoms with Gasteiger partial charge in [0.1, 0.15) is 0 Å². The Balaban J connectivity index is 3.11. The SMILES string of the molecule is O=C(O)CCCCCCC/C=C/CCCCCCCCCC(=O)O. The molecular weight excluding hydrogens is 304 g/mol. The van der Waals surface area contributed by atoms with Gasteiger partial charge in [0.2, 0.25) is 0 Å². The van der Waals surface area contributed by atoms with E-state index in [1.54, 1.807) is 0 Å². The van der Waals surface area contributed by atoms with Gasteiger partial charge in [0, 0.05) is 12.8 Å². The smallest absolute Gasteiger partial charge is 0.303 e. The summed E-state index contributed by atoms with van der Waals surface area (Å²) in [6, 6.07) is 0. The number of carbonyl (C=O) groups is 2. The van der Waals surface area contributed by atoms with E-state index in [0.717, 1.165) is 51.4 Å².